The zero-order chi connectivity index (χ0) is 22.7. The molecule has 2 aliphatic rings. The second-order valence-electron chi connectivity index (χ2n) is 8.22. The number of hydrogen-bond donors (Lipinski definition) is 3. The van der Waals surface area contributed by atoms with E-state index in [2.05, 4.69) is 10.3 Å². The number of hydrogen-bond acceptors (Lipinski definition) is 4. The monoisotopic (exact) mass is 474 g/mol. The van der Waals surface area contributed by atoms with Crippen LogP contribution in [0, 0.1) is 17.8 Å². The van der Waals surface area contributed by atoms with E-state index in [1.165, 1.54) is 24.3 Å². The Kier molecular flexibility index (Phi) is 5.49. The number of benzene rings is 1. The fourth-order valence-electron chi connectivity index (χ4n) is 4.88. The molecule has 0 saturated heterocycles. The highest BCUT2D eigenvalue weighted by Crippen LogP contribution is 2.65. The van der Waals surface area contributed by atoms with Crippen molar-refractivity contribution >= 4 is 34.8 Å². The van der Waals surface area contributed by atoms with E-state index < -0.39 is 47.2 Å². The molecule has 6 atom stereocenters. The first-order valence-electron chi connectivity index (χ1n) is 9.63. The van der Waals surface area contributed by atoms with E-state index in [4.69, 9.17) is 23.2 Å². The number of aliphatic hydroxyl groups is 2. The van der Waals surface area contributed by atoms with Crippen LogP contribution in [0.15, 0.2) is 36.5 Å². The highest BCUT2D eigenvalue weighted by molar-refractivity contribution is 6.42. The minimum atomic E-state index is -4.66. The summed E-state index contributed by atoms with van der Waals surface area (Å²) in [5.74, 6) is -3.23. The summed E-state index contributed by atoms with van der Waals surface area (Å²) >= 11 is 11.9. The van der Waals surface area contributed by atoms with Crippen molar-refractivity contribution in [2.24, 2.45) is 17.8 Å². The maximum absolute atomic E-state index is 13.2. The van der Waals surface area contributed by atoms with E-state index in [0.717, 1.165) is 12.3 Å². The van der Waals surface area contributed by atoms with Crippen LogP contribution in [0.4, 0.5) is 18.9 Å². The molecule has 1 heterocycles. The van der Waals surface area contributed by atoms with Crippen molar-refractivity contribution in [2.45, 2.75) is 37.1 Å². The van der Waals surface area contributed by atoms with Crippen molar-refractivity contribution in [2.75, 3.05) is 5.32 Å². The Morgan fingerprint density at radius 1 is 1.23 bits per heavy atom. The number of nitrogens with zero attached hydrogens (tertiary/aromatic N) is 1. The minimum absolute atomic E-state index is 0.0357. The lowest BCUT2D eigenvalue weighted by molar-refractivity contribution is -0.141. The van der Waals surface area contributed by atoms with Gasteiger partial charge in [0.15, 0.2) is 0 Å². The van der Waals surface area contributed by atoms with Crippen LogP contribution in [-0.2, 0) is 11.0 Å². The van der Waals surface area contributed by atoms with Gasteiger partial charge in [0.25, 0.3) is 0 Å². The minimum Gasteiger partial charge on any atom is -0.392 e. The van der Waals surface area contributed by atoms with Gasteiger partial charge in [0, 0.05) is 30.1 Å². The summed E-state index contributed by atoms with van der Waals surface area (Å²) < 4.78 is 39.7. The van der Waals surface area contributed by atoms with Gasteiger partial charge in [-0.2, -0.15) is 13.2 Å². The third-order valence-electron chi connectivity index (χ3n) is 6.47. The second kappa shape index (κ2) is 7.62. The van der Waals surface area contributed by atoms with E-state index >= 15 is 0 Å². The number of amides is 1. The molecular weight excluding hydrogens is 456 g/mol. The Hall–Kier alpha value is -1.87. The van der Waals surface area contributed by atoms with Crippen LogP contribution >= 0.6 is 23.2 Å². The number of fused-ring (bicyclic) bond motifs is 1. The van der Waals surface area contributed by atoms with Crippen LogP contribution < -0.4 is 5.32 Å². The molecule has 4 rings (SSSR count). The summed E-state index contributed by atoms with van der Waals surface area (Å²) in [4.78, 5) is 16.5. The highest BCUT2D eigenvalue weighted by atomic mass is 35.5. The average molecular weight is 475 g/mol. The third kappa shape index (κ3) is 3.91. The van der Waals surface area contributed by atoms with Crippen molar-refractivity contribution in [3.63, 3.8) is 0 Å². The second-order valence-corrected chi connectivity index (χ2v) is 9.03. The lowest BCUT2D eigenvalue weighted by Gasteiger charge is -2.37. The number of nitrogens with one attached hydrogen (secondary N) is 1. The summed E-state index contributed by atoms with van der Waals surface area (Å²) in [7, 11) is 0. The topological polar surface area (TPSA) is 82.5 Å². The zero-order valence-corrected chi connectivity index (χ0v) is 17.7. The molecule has 1 amide bonds. The number of halogens is 5. The van der Waals surface area contributed by atoms with Crippen molar-refractivity contribution in [1.82, 2.24) is 4.98 Å². The Bertz CT molecular complexity index is 1040. The first kappa shape index (κ1) is 22.3. The number of aliphatic hydroxyl groups excluding tert-OH is 1. The van der Waals surface area contributed by atoms with Crippen LogP contribution in [0.2, 0.25) is 10.0 Å². The predicted octanol–water partition coefficient (Wildman–Crippen LogP) is 4.51. The van der Waals surface area contributed by atoms with E-state index in [1.54, 1.807) is 6.92 Å². The molecule has 2 aromatic rings. The molecule has 2 aliphatic carbocycles. The van der Waals surface area contributed by atoms with E-state index in [1.807, 2.05) is 0 Å². The molecule has 5 nitrogen and oxygen atoms in total. The Morgan fingerprint density at radius 2 is 1.94 bits per heavy atom. The van der Waals surface area contributed by atoms with Crippen LogP contribution in [0.1, 0.15) is 30.5 Å². The first-order chi connectivity index (χ1) is 14.4. The number of aromatic nitrogens is 1. The fourth-order valence-corrected chi connectivity index (χ4v) is 5.18. The maximum Gasteiger partial charge on any atom is 0.433 e. The van der Waals surface area contributed by atoms with Crippen molar-refractivity contribution in [3.05, 3.63) is 57.8 Å². The van der Waals surface area contributed by atoms with Gasteiger partial charge in [-0.05, 0) is 41.8 Å². The molecule has 31 heavy (non-hydrogen) atoms. The van der Waals surface area contributed by atoms with Crippen LogP contribution in [0.5, 0.6) is 0 Å². The van der Waals surface area contributed by atoms with Gasteiger partial charge in [0.1, 0.15) is 5.69 Å². The Balaban J connectivity index is 1.71. The molecular formula is C21H19Cl2F3N2O3. The Labute approximate surface area is 186 Å². The number of anilines is 1. The summed E-state index contributed by atoms with van der Waals surface area (Å²) in [5, 5.41) is 24.8. The van der Waals surface area contributed by atoms with Gasteiger partial charge in [-0.3, -0.25) is 9.78 Å². The predicted molar refractivity (Wildman–Crippen MR) is 109 cm³/mol. The molecule has 0 aliphatic heterocycles. The summed E-state index contributed by atoms with van der Waals surface area (Å²) in [5.41, 5.74) is -1.79. The van der Waals surface area contributed by atoms with Gasteiger partial charge in [-0.25, -0.2) is 0 Å². The van der Waals surface area contributed by atoms with Crippen molar-refractivity contribution < 1.29 is 28.2 Å². The zero-order valence-electron chi connectivity index (χ0n) is 16.2. The molecule has 1 aromatic carbocycles. The van der Waals surface area contributed by atoms with Crippen LogP contribution in [0.25, 0.3) is 0 Å². The van der Waals surface area contributed by atoms with E-state index in [9.17, 15) is 28.2 Å². The SMILES string of the molecule is C[C@@H]1[C@H]2[C@@H](c3ccnc(C(F)(F)F)c3)[C@H](C(=O)Nc3ccc(Cl)c(Cl)c3)[C@@H](O)C[C@]21O. The normalized spacial score (nSPS) is 32.3. The van der Waals surface area contributed by atoms with Gasteiger partial charge in [0.05, 0.1) is 27.7 Å². The van der Waals surface area contributed by atoms with E-state index in [0.29, 0.717) is 10.7 Å². The van der Waals surface area contributed by atoms with Gasteiger partial charge in [0.2, 0.25) is 5.91 Å². The van der Waals surface area contributed by atoms with Crippen LogP contribution in [-0.4, -0.2) is 32.8 Å². The van der Waals surface area contributed by atoms with Gasteiger partial charge >= 0.3 is 6.18 Å². The number of carbonyl (C=O) groups is 1. The number of rotatable bonds is 3. The van der Waals surface area contributed by atoms with Crippen molar-refractivity contribution in [3.8, 4) is 0 Å². The van der Waals surface area contributed by atoms with Crippen LogP contribution in [0.3, 0.4) is 0 Å². The largest absolute Gasteiger partial charge is 0.433 e. The molecule has 3 N–H and O–H groups in total. The fraction of sp³-hybridized carbons (Fsp3) is 0.429. The molecule has 0 radical (unpaired) electrons. The van der Waals surface area contributed by atoms with Gasteiger partial charge < -0.3 is 15.5 Å². The molecule has 0 unspecified atom stereocenters. The number of carbonyl (C=O) groups excluding carboxylic acids is 1. The van der Waals surface area contributed by atoms with Gasteiger partial charge in [-0.1, -0.05) is 30.1 Å². The molecule has 10 heteroatoms. The molecule has 0 bridgehead atoms. The number of alkyl halides is 3. The molecule has 2 saturated carbocycles. The first-order valence-corrected chi connectivity index (χ1v) is 10.4. The molecule has 0 spiro atoms. The quantitative estimate of drug-likeness (QED) is 0.611. The average Bonchev–Trinajstić information content (AvgIpc) is 3.22. The van der Waals surface area contributed by atoms with Crippen molar-refractivity contribution in [1.29, 1.82) is 0 Å². The molecule has 166 valence electrons. The molecule has 1 aromatic heterocycles. The smallest absolute Gasteiger partial charge is 0.392 e. The standard InChI is InChI=1S/C21H19Cl2F3N2O3/c1-9-18-16(10-4-5-27-15(6-10)21(24,25)26)17(14(29)8-20(9,18)31)19(30)28-11-2-3-12(22)13(23)7-11/h2-7,9,14,16-18,29,31H,8H2,1H3,(H,28,30)/t9-,14+,16+,17-,18+,20-/m1/s1. The lowest BCUT2D eigenvalue weighted by Crippen LogP contribution is -2.45. The summed E-state index contributed by atoms with van der Waals surface area (Å²) in [6.07, 6.45) is -4.92. The van der Waals surface area contributed by atoms with E-state index in [-0.39, 0.29) is 22.9 Å². The highest BCUT2D eigenvalue weighted by Gasteiger charge is 2.70. The maximum atomic E-state index is 13.2. The number of pyridine rings is 1. The van der Waals surface area contributed by atoms with Gasteiger partial charge in [-0.15, -0.1) is 0 Å². The third-order valence-corrected chi connectivity index (χ3v) is 7.21. The summed E-state index contributed by atoms with van der Waals surface area (Å²) in [6.45, 7) is 1.76. The lowest BCUT2D eigenvalue weighted by atomic mass is 9.72. The Morgan fingerprint density at radius 3 is 2.58 bits per heavy atom. The molecule has 2 fully saturated rings. The summed E-state index contributed by atoms with van der Waals surface area (Å²) in [6, 6.07) is 6.74.